The third-order valence-corrected chi connectivity index (χ3v) is 2.93. The van der Waals surface area contributed by atoms with Gasteiger partial charge in [0.1, 0.15) is 0 Å². The molecule has 0 aliphatic rings. The molecule has 66 valence electrons. The van der Waals surface area contributed by atoms with E-state index in [1.165, 1.54) is 12.1 Å². The van der Waals surface area contributed by atoms with Crippen LogP contribution in [0.3, 0.4) is 0 Å². The molecule has 0 amide bonds. The van der Waals surface area contributed by atoms with E-state index in [1.54, 1.807) is 0 Å². The van der Waals surface area contributed by atoms with Gasteiger partial charge >= 0.3 is 7.60 Å². The van der Waals surface area contributed by atoms with Crippen LogP contribution in [0.15, 0.2) is 18.2 Å². The molecule has 3 nitrogen and oxygen atoms in total. The van der Waals surface area contributed by atoms with Crippen molar-refractivity contribution in [2.24, 2.45) is 0 Å². The van der Waals surface area contributed by atoms with E-state index in [0.29, 0.717) is 0 Å². The van der Waals surface area contributed by atoms with Gasteiger partial charge in [-0.25, -0.2) is 0 Å². The normalized spacial score (nSPS) is 11.7. The zero-order chi connectivity index (χ0) is 9.35. The highest BCUT2D eigenvalue weighted by Crippen LogP contribution is 2.35. The molecule has 1 aromatic rings. The molecule has 0 aliphatic heterocycles. The molecular formula is C6H5Cl2O3P. The van der Waals surface area contributed by atoms with Crippen LogP contribution < -0.4 is 5.30 Å². The quantitative estimate of drug-likeness (QED) is 0.719. The summed E-state index contributed by atoms with van der Waals surface area (Å²) in [7, 11) is -4.21. The number of hydrogen-bond donors (Lipinski definition) is 2. The third-order valence-electron chi connectivity index (χ3n) is 1.24. The van der Waals surface area contributed by atoms with Gasteiger partial charge in [0, 0.05) is 0 Å². The molecule has 0 unspecified atom stereocenters. The van der Waals surface area contributed by atoms with Gasteiger partial charge in [0.2, 0.25) is 0 Å². The van der Waals surface area contributed by atoms with E-state index in [2.05, 4.69) is 0 Å². The lowest BCUT2D eigenvalue weighted by atomic mass is 10.4. The molecule has 0 aliphatic carbocycles. The Labute approximate surface area is 79.1 Å². The summed E-state index contributed by atoms with van der Waals surface area (Å²) < 4.78 is 10.7. The topological polar surface area (TPSA) is 57.5 Å². The molecule has 0 fully saturated rings. The van der Waals surface area contributed by atoms with Crippen molar-refractivity contribution in [3.63, 3.8) is 0 Å². The summed E-state index contributed by atoms with van der Waals surface area (Å²) in [5.41, 5.74) is 0. The lowest BCUT2D eigenvalue weighted by molar-refractivity contribution is 0.387. The first kappa shape index (κ1) is 10.0. The molecule has 12 heavy (non-hydrogen) atoms. The number of benzene rings is 1. The Morgan fingerprint density at radius 2 is 1.75 bits per heavy atom. The molecule has 0 atom stereocenters. The highest BCUT2D eigenvalue weighted by atomic mass is 35.5. The highest BCUT2D eigenvalue weighted by molar-refractivity contribution is 7.60. The minimum atomic E-state index is -4.21. The van der Waals surface area contributed by atoms with E-state index in [4.69, 9.17) is 33.0 Å². The zero-order valence-corrected chi connectivity index (χ0v) is 8.14. The average molecular weight is 227 g/mol. The Bertz CT molecular complexity index is 347. The molecular weight excluding hydrogens is 222 g/mol. The summed E-state index contributed by atoms with van der Waals surface area (Å²) in [4.78, 5) is 17.4. The van der Waals surface area contributed by atoms with Gasteiger partial charge in [-0.2, -0.15) is 0 Å². The standard InChI is InChI=1S/C6H5Cl2O3P/c7-5-2-1-4(3-6(5)8)12(9,10)11/h1-3H,(H2,9,10,11). The van der Waals surface area contributed by atoms with Crippen LogP contribution in [0.1, 0.15) is 0 Å². The number of rotatable bonds is 1. The van der Waals surface area contributed by atoms with E-state index < -0.39 is 7.60 Å². The maximum absolute atomic E-state index is 10.7. The van der Waals surface area contributed by atoms with E-state index in [0.717, 1.165) is 6.07 Å². The van der Waals surface area contributed by atoms with Gasteiger partial charge in [-0.3, -0.25) is 4.57 Å². The molecule has 0 aromatic heterocycles. The van der Waals surface area contributed by atoms with Crippen LogP contribution in [-0.4, -0.2) is 9.79 Å². The van der Waals surface area contributed by atoms with Crippen LogP contribution in [0.2, 0.25) is 10.0 Å². The Balaban J connectivity index is 3.23. The second-order valence-corrected chi connectivity index (χ2v) is 4.56. The molecule has 0 radical (unpaired) electrons. The van der Waals surface area contributed by atoms with Crippen LogP contribution in [0.5, 0.6) is 0 Å². The van der Waals surface area contributed by atoms with E-state index in [9.17, 15) is 4.57 Å². The lowest BCUT2D eigenvalue weighted by Crippen LogP contribution is -2.02. The predicted octanol–water partition coefficient (Wildman–Crippen LogP) is 1.80. The minimum absolute atomic E-state index is 0.128. The van der Waals surface area contributed by atoms with Gasteiger partial charge in [0.15, 0.2) is 0 Å². The van der Waals surface area contributed by atoms with Crippen molar-refractivity contribution in [1.82, 2.24) is 0 Å². The SMILES string of the molecule is O=P(O)(O)c1ccc(Cl)c(Cl)c1. The van der Waals surface area contributed by atoms with Gasteiger partial charge in [-0.1, -0.05) is 23.2 Å². The van der Waals surface area contributed by atoms with Crippen molar-refractivity contribution < 1.29 is 14.4 Å². The Kier molecular flexibility index (Phi) is 2.81. The van der Waals surface area contributed by atoms with Crippen molar-refractivity contribution in [3.05, 3.63) is 28.2 Å². The maximum atomic E-state index is 10.7. The molecule has 0 bridgehead atoms. The second-order valence-electron chi connectivity index (χ2n) is 2.14. The molecule has 0 heterocycles. The van der Waals surface area contributed by atoms with Gasteiger partial charge in [0.05, 0.1) is 15.3 Å². The average Bonchev–Trinajstić information content (AvgIpc) is 1.92. The Morgan fingerprint density at radius 1 is 1.17 bits per heavy atom. The largest absolute Gasteiger partial charge is 0.356 e. The van der Waals surface area contributed by atoms with Crippen LogP contribution in [0.4, 0.5) is 0 Å². The lowest BCUT2D eigenvalue weighted by Gasteiger charge is -2.04. The van der Waals surface area contributed by atoms with E-state index >= 15 is 0 Å². The summed E-state index contributed by atoms with van der Waals surface area (Å²) in [6.07, 6.45) is 0. The third kappa shape index (κ3) is 2.22. The molecule has 2 N–H and O–H groups in total. The van der Waals surface area contributed by atoms with Crippen molar-refractivity contribution in [3.8, 4) is 0 Å². The maximum Gasteiger partial charge on any atom is 0.356 e. The monoisotopic (exact) mass is 226 g/mol. The van der Waals surface area contributed by atoms with Crippen molar-refractivity contribution in [1.29, 1.82) is 0 Å². The van der Waals surface area contributed by atoms with Crippen LogP contribution >= 0.6 is 30.8 Å². The zero-order valence-electron chi connectivity index (χ0n) is 5.74. The molecule has 0 saturated heterocycles. The summed E-state index contributed by atoms with van der Waals surface area (Å²) in [6, 6.07) is 3.75. The first-order chi connectivity index (χ1) is 5.41. The van der Waals surface area contributed by atoms with Crippen molar-refractivity contribution in [2.75, 3.05) is 0 Å². The molecule has 0 saturated carbocycles. The molecule has 6 heteroatoms. The van der Waals surface area contributed by atoms with Crippen LogP contribution in [0, 0.1) is 0 Å². The molecule has 1 aromatic carbocycles. The van der Waals surface area contributed by atoms with Gasteiger partial charge in [-0.15, -0.1) is 0 Å². The van der Waals surface area contributed by atoms with Crippen molar-refractivity contribution >= 4 is 36.1 Å². The highest BCUT2D eigenvalue weighted by Gasteiger charge is 2.17. The van der Waals surface area contributed by atoms with Crippen molar-refractivity contribution in [2.45, 2.75) is 0 Å². The first-order valence-corrected chi connectivity index (χ1v) is 5.29. The predicted molar refractivity (Wildman–Crippen MR) is 48.1 cm³/mol. The summed E-state index contributed by atoms with van der Waals surface area (Å²) in [5, 5.41) is 0.281. The second kappa shape index (κ2) is 3.36. The molecule has 1 rings (SSSR count). The van der Waals surface area contributed by atoms with Crippen LogP contribution in [0.25, 0.3) is 0 Å². The number of halogens is 2. The Hall–Kier alpha value is -0.0500. The van der Waals surface area contributed by atoms with E-state index in [-0.39, 0.29) is 15.3 Å². The smallest absolute Gasteiger partial charge is 0.321 e. The van der Waals surface area contributed by atoms with Gasteiger partial charge < -0.3 is 9.79 Å². The fraction of sp³-hybridized carbons (Fsp3) is 0. The fourth-order valence-corrected chi connectivity index (χ4v) is 1.61. The van der Waals surface area contributed by atoms with Gasteiger partial charge in [0.25, 0.3) is 0 Å². The summed E-state index contributed by atoms with van der Waals surface area (Å²) in [6.45, 7) is 0. The first-order valence-electron chi connectivity index (χ1n) is 2.92. The fourth-order valence-electron chi connectivity index (χ4n) is 0.666. The Morgan fingerprint density at radius 3 is 2.17 bits per heavy atom. The minimum Gasteiger partial charge on any atom is -0.321 e. The number of hydrogen-bond acceptors (Lipinski definition) is 1. The van der Waals surface area contributed by atoms with Crippen LogP contribution in [-0.2, 0) is 4.57 Å². The summed E-state index contributed by atoms with van der Waals surface area (Å²) in [5.74, 6) is 0. The van der Waals surface area contributed by atoms with E-state index in [1.807, 2.05) is 0 Å². The summed E-state index contributed by atoms with van der Waals surface area (Å²) >= 11 is 11.1. The molecule has 0 spiro atoms. The van der Waals surface area contributed by atoms with Gasteiger partial charge in [-0.05, 0) is 18.2 Å².